The number of halogens is 1. The van der Waals surface area contributed by atoms with Crippen LogP contribution in [0.4, 0.5) is 4.79 Å². The molecule has 0 unspecified atom stereocenters. The molecule has 1 aromatic rings. The van der Waals surface area contributed by atoms with E-state index in [-0.39, 0.29) is 0 Å². The van der Waals surface area contributed by atoms with Crippen LogP contribution in [0.2, 0.25) is 5.02 Å². The third kappa shape index (κ3) is 6.96. The summed E-state index contributed by atoms with van der Waals surface area (Å²) in [5, 5.41) is 11.9. The number of alkyl carbamates (subject to hydrolysis) is 1. The van der Waals surface area contributed by atoms with Gasteiger partial charge >= 0.3 is 6.09 Å². The predicted octanol–water partition coefficient (Wildman–Crippen LogP) is 5.12. The molecule has 4 rings (SSSR count). The highest BCUT2D eigenvalue weighted by Gasteiger charge is 2.44. The fraction of sp³-hybridized carbons (Fsp3) is 0.625. The number of ether oxygens (including phenoxy) is 1. The minimum absolute atomic E-state index is 0.326. The molecule has 2 heterocycles. The molecule has 0 aromatic heterocycles. The molecule has 1 spiro atoms. The van der Waals surface area contributed by atoms with Crippen molar-refractivity contribution in [2.75, 3.05) is 13.1 Å². The topological polar surface area (TPSA) is 75.2 Å². The Hall–Kier alpha value is -2.06. The van der Waals surface area contributed by atoms with Crippen molar-refractivity contribution in [1.82, 2.24) is 15.5 Å². The highest BCUT2D eigenvalue weighted by Crippen LogP contribution is 2.35. The normalized spacial score (nSPS) is 20.9. The molecule has 1 aliphatic carbocycles. The maximum atomic E-state index is 12.2. The van der Waals surface area contributed by atoms with Gasteiger partial charge in [-0.1, -0.05) is 61.0 Å². The van der Waals surface area contributed by atoms with Crippen molar-refractivity contribution in [2.45, 2.75) is 82.4 Å². The number of amides is 1. The van der Waals surface area contributed by atoms with Crippen molar-refractivity contribution in [3.05, 3.63) is 34.9 Å². The van der Waals surface area contributed by atoms with Gasteiger partial charge in [0.2, 0.25) is 5.90 Å². The molecule has 0 radical (unpaired) electrons. The maximum Gasteiger partial charge on any atom is 0.414 e. The summed E-state index contributed by atoms with van der Waals surface area (Å²) in [4.78, 5) is 20.2. The Morgan fingerprint density at radius 3 is 2.52 bits per heavy atom. The predicted molar refractivity (Wildman–Crippen MR) is 133 cm³/mol. The van der Waals surface area contributed by atoms with E-state index in [0.29, 0.717) is 29.9 Å². The summed E-state index contributed by atoms with van der Waals surface area (Å²) in [5.41, 5.74) is 0.534. The number of rotatable bonds is 3. The van der Waals surface area contributed by atoms with E-state index in [2.05, 4.69) is 20.7 Å². The number of nitrogens with one attached hydrogen (secondary N) is 2. The van der Waals surface area contributed by atoms with Gasteiger partial charge in [0.1, 0.15) is 5.60 Å². The zero-order chi connectivity index (χ0) is 23.1. The SMILES string of the molecule is O=C(NCc1ccc(Cl)cc1)OC1=NOC2(CCN(C(=S)NC3CCCCCCC3)CC2)C1. The van der Waals surface area contributed by atoms with Crippen LogP contribution in [0.5, 0.6) is 0 Å². The van der Waals surface area contributed by atoms with Crippen LogP contribution in [-0.2, 0) is 16.1 Å². The summed E-state index contributed by atoms with van der Waals surface area (Å²) < 4.78 is 5.38. The average molecular weight is 493 g/mol. The molecule has 33 heavy (non-hydrogen) atoms. The first-order valence-electron chi connectivity index (χ1n) is 12.0. The zero-order valence-corrected chi connectivity index (χ0v) is 20.6. The van der Waals surface area contributed by atoms with Crippen LogP contribution in [0.25, 0.3) is 0 Å². The van der Waals surface area contributed by atoms with E-state index in [1.807, 2.05) is 12.1 Å². The molecular weight excluding hydrogens is 460 g/mol. The standard InChI is InChI=1S/C24H33ClN4O3S/c25-19-10-8-18(9-11-19)17-26-23(30)31-21-16-24(32-28-21)12-14-29(15-13-24)22(33)27-20-6-4-2-1-3-5-7-20/h8-11,20H,1-7,12-17H2,(H,26,30)(H,27,33). The Morgan fingerprint density at radius 2 is 1.82 bits per heavy atom. The molecule has 1 amide bonds. The first kappa shape index (κ1) is 24.1. The largest absolute Gasteiger partial charge is 0.414 e. The molecule has 1 aromatic carbocycles. The van der Waals surface area contributed by atoms with E-state index < -0.39 is 11.7 Å². The highest BCUT2D eigenvalue weighted by molar-refractivity contribution is 7.80. The summed E-state index contributed by atoms with van der Waals surface area (Å²) >= 11 is 11.6. The van der Waals surface area contributed by atoms with Crippen LogP contribution in [0.15, 0.2) is 29.4 Å². The van der Waals surface area contributed by atoms with E-state index in [9.17, 15) is 4.79 Å². The summed E-state index contributed by atoms with van der Waals surface area (Å²) in [7, 11) is 0. The molecule has 9 heteroatoms. The molecular formula is C24H33ClN4O3S. The number of nitrogens with zero attached hydrogens (tertiary/aromatic N) is 2. The van der Waals surface area contributed by atoms with Crippen molar-refractivity contribution in [1.29, 1.82) is 0 Å². The third-order valence-corrected chi connectivity index (χ3v) is 7.40. The third-order valence-electron chi connectivity index (χ3n) is 6.77. The second kappa shape index (κ2) is 11.4. The van der Waals surface area contributed by atoms with Crippen molar-refractivity contribution in [3.8, 4) is 0 Å². The maximum absolute atomic E-state index is 12.2. The fourth-order valence-corrected chi connectivity index (χ4v) is 5.19. The fourth-order valence-electron chi connectivity index (χ4n) is 4.71. The van der Waals surface area contributed by atoms with E-state index in [1.54, 1.807) is 12.1 Å². The van der Waals surface area contributed by atoms with Crippen molar-refractivity contribution < 1.29 is 14.4 Å². The molecule has 1 saturated carbocycles. The number of hydrogen-bond donors (Lipinski definition) is 2. The Balaban J connectivity index is 1.17. The van der Waals surface area contributed by atoms with Crippen molar-refractivity contribution in [2.24, 2.45) is 5.16 Å². The van der Waals surface area contributed by atoms with Crippen LogP contribution in [-0.4, -0.2) is 46.7 Å². The van der Waals surface area contributed by atoms with E-state index in [4.69, 9.17) is 33.4 Å². The second-order valence-corrected chi connectivity index (χ2v) is 10.1. The summed E-state index contributed by atoms with van der Waals surface area (Å²) in [6.45, 7) is 1.98. The van der Waals surface area contributed by atoms with Crippen LogP contribution < -0.4 is 10.6 Å². The number of piperidine rings is 1. The lowest BCUT2D eigenvalue weighted by molar-refractivity contribution is -0.0525. The number of oxime groups is 1. The van der Waals surface area contributed by atoms with Gasteiger partial charge in [-0.25, -0.2) is 4.79 Å². The summed E-state index contributed by atoms with van der Waals surface area (Å²) in [6, 6.07) is 7.78. The van der Waals surface area contributed by atoms with Crippen molar-refractivity contribution >= 4 is 40.9 Å². The first-order chi connectivity index (χ1) is 16.0. The smallest absolute Gasteiger partial charge is 0.392 e. The van der Waals surface area contributed by atoms with Gasteiger partial charge in [0.05, 0.1) is 6.42 Å². The number of benzene rings is 1. The molecule has 3 aliphatic rings. The molecule has 0 atom stereocenters. The summed E-state index contributed by atoms with van der Waals surface area (Å²) in [6.07, 6.45) is 10.5. The monoisotopic (exact) mass is 492 g/mol. The number of thiocarbonyl (C=S) groups is 1. The lowest BCUT2D eigenvalue weighted by Crippen LogP contribution is -2.51. The zero-order valence-electron chi connectivity index (χ0n) is 19.0. The second-order valence-electron chi connectivity index (χ2n) is 9.28. The molecule has 2 N–H and O–H groups in total. The van der Waals surface area contributed by atoms with Gasteiger partial charge in [-0.15, -0.1) is 0 Å². The van der Waals surface area contributed by atoms with Crippen LogP contribution in [0, 0.1) is 0 Å². The molecule has 7 nitrogen and oxygen atoms in total. The lowest BCUT2D eigenvalue weighted by atomic mass is 9.88. The molecule has 1 saturated heterocycles. The number of carbonyl (C=O) groups is 1. The number of hydrogen-bond acceptors (Lipinski definition) is 5. The average Bonchev–Trinajstić information content (AvgIpc) is 3.17. The van der Waals surface area contributed by atoms with Gasteiger partial charge in [-0.2, -0.15) is 0 Å². The molecule has 0 bridgehead atoms. The molecule has 2 fully saturated rings. The van der Waals surface area contributed by atoms with E-state index in [1.165, 1.54) is 44.9 Å². The number of carbonyl (C=O) groups excluding carboxylic acids is 1. The number of likely N-dealkylation sites (tertiary alicyclic amines) is 1. The quantitative estimate of drug-likeness (QED) is 0.570. The van der Waals surface area contributed by atoms with E-state index >= 15 is 0 Å². The Morgan fingerprint density at radius 1 is 1.15 bits per heavy atom. The van der Waals surface area contributed by atoms with Gasteiger partial charge < -0.3 is 25.1 Å². The molecule has 2 aliphatic heterocycles. The van der Waals surface area contributed by atoms with Crippen LogP contribution >= 0.6 is 23.8 Å². The highest BCUT2D eigenvalue weighted by atomic mass is 35.5. The summed E-state index contributed by atoms with van der Waals surface area (Å²) in [5.74, 6) is 0.326. The Kier molecular flexibility index (Phi) is 8.30. The van der Waals surface area contributed by atoms with E-state index in [0.717, 1.165) is 36.6 Å². The van der Waals surface area contributed by atoms with Gasteiger partial charge in [0.15, 0.2) is 5.11 Å². The molecule has 180 valence electrons. The van der Waals surface area contributed by atoms with Crippen LogP contribution in [0.3, 0.4) is 0 Å². The first-order valence-corrected chi connectivity index (χ1v) is 12.8. The Bertz CT molecular complexity index is 848. The minimum atomic E-state index is -0.536. The Labute approximate surface area is 206 Å². The van der Waals surface area contributed by atoms with Gasteiger partial charge in [0.25, 0.3) is 0 Å². The van der Waals surface area contributed by atoms with Gasteiger partial charge in [-0.05, 0) is 42.8 Å². The van der Waals surface area contributed by atoms with Gasteiger partial charge in [0, 0.05) is 43.5 Å². The van der Waals surface area contributed by atoms with Crippen molar-refractivity contribution in [3.63, 3.8) is 0 Å². The van der Waals surface area contributed by atoms with Gasteiger partial charge in [-0.3, -0.25) is 0 Å². The minimum Gasteiger partial charge on any atom is -0.392 e. The lowest BCUT2D eigenvalue weighted by Gasteiger charge is -2.39. The van der Waals surface area contributed by atoms with Crippen LogP contribution in [0.1, 0.15) is 69.8 Å².